The number of carbonyl (C=O) groups is 1. The molecule has 3 rings (SSSR count). The third kappa shape index (κ3) is 5.80. The smallest absolute Gasteiger partial charge is 0.246 e. The third-order valence-corrected chi connectivity index (χ3v) is 5.27. The van der Waals surface area contributed by atoms with E-state index < -0.39 is 0 Å². The standard InChI is InChI=1S/C20H30N2O3/c23-18-11-17(22(14-18)13-16-7-3-1-4-8-16)12-21-20(24)15-25-19-9-5-2-6-10-19/h1,3-4,7-8,17-19,23H,2,5-6,9-15H2,(H,21,24). The summed E-state index contributed by atoms with van der Waals surface area (Å²) in [4.78, 5) is 14.3. The Hall–Kier alpha value is -1.43. The van der Waals surface area contributed by atoms with Gasteiger partial charge in [-0.15, -0.1) is 0 Å². The number of likely N-dealkylation sites (tertiary alicyclic amines) is 1. The Balaban J connectivity index is 1.41. The summed E-state index contributed by atoms with van der Waals surface area (Å²) in [5.74, 6) is -0.0494. The Morgan fingerprint density at radius 2 is 1.96 bits per heavy atom. The average molecular weight is 346 g/mol. The zero-order chi connectivity index (χ0) is 17.5. The van der Waals surface area contributed by atoms with Gasteiger partial charge >= 0.3 is 0 Å². The highest BCUT2D eigenvalue weighted by molar-refractivity contribution is 5.77. The van der Waals surface area contributed by atoms with Crippen LogP contribution in [0.2, 0.25) is 0 Å². The summed E-state index contributed by atoms with van der Waals surface area (Å²) in [7, 11) is 0. The van der Waals surface area contributed by atoms with Gasteiger partial charge in [0.05, 0.1) is 12.2 Å². The summed E-state index contributed by atoms with van der Waals surface area (Å²) in [6.45, 7) is 2.18. The number of nitrogens with zero attached hydrogens (tertiary/aromatic N) is 1. The lowest BCUT2D eigenvalue weighted by Gasteiger charge is -2.25. The Labute approximate surface area is 150 Å². The van der Waals surface area contributed by atoms with Crippen molar-refractivity contribution < 1.29 is 14.6 Å². The van der Waals surface area contributed by atoms with E-state index in [9.17, 15) is 9.90 Å². The van der Waals surface area contributed by atoms with Crippen molar-refractivity contribution in [3.63, 3.8) is 0 Å². The fraction of sp³-hybridized carbons (Fsp3) is 0.650. The second kappa shape index (κ2) is 9.32. The van der Waals surface area contributed by atoms with Gasteiger partial charge in [-0.05, 0) is 24.8 Å². The van der Waals surface area contributed by atoms with Gasteiger partial charge in [0.25, 0.3) is 0 Å². The molecule has 1 aromatic rings. The van der Waals surface area contributed by atoms with Crippen LogP contribution in [0.3, 0.4) is 0 Å². The number of hydrogen-bond acceptors (Lipinski definition) is 4. The molecule has 2 atom stereocenters. The minimum Gasteiger partial charge on any atom is -0.392 e. The van der Waals surface area contributed by atoms with E-state index in [0.717, 1.165) is 19.4 Å². The molecule has 2 aliphatic rings. The fourth-order valence-electron chi connectivity index (χ4n) is 3.89. The van der Waals surface area contributed by atoms with Crippen molar-refractivity contribution in [2.24, 2.45) is 0 Å². The van der Waals surface area contributed by atoms with E-state index in [2.05, 4.69) is 22.3 Å². The highest BCUT2D eigenvalue weighted by Crippen LogP contribution is 2.21. The first-order valence-corrected chi connectivity index (χ1v) is 9.55. The molecule has 0 radical (unpaired) electrons. The zero-order valence-electron chi connectivity index (χ0n) is 14.9. The van der Waals surface area contributed by atoms with Crippen LogP contribution in [0.25, 0.3) is 0 Å². The molecule has 1 heterocycles. The van der Waals surface area contributed by atoms with Gasteiger partial charge < -0.3 is 15.2 Å². The molecule has 1 saturated carbocycles. The molecule has 5 heteroatoms. The number of amides is 1. The number of benzene rings is 1. The lowest BCUT2D eigenvalue weighted by molar-refractivity contribution is -0.128. The maximum Gasteiger partial charge on any atom is 0.246 e. The zero-order valence-corrected chi connectivity index (χ0v) is 14.9. The Kier molecular flexibility index (Phi) is 6.84. The first kappa shape index (κ1) is 18.4. The Morgan fingerprint density at radius 3 is 2.72 bits per heavy atom. The maximum absolute atomic E-state index is 12.1. The highest BCUT2D eigenvalue weighted by Gasteiger charge is 2.31. The van der Waals surface area contributed by atoms with Crippen molar-refractivity contribution >= 4 is 5.91 Å². The number of nitrogens with one attached hydrogen (secondary N) is 1. The lowest BCUT2D eigenvalue weighted by atomic mass is 9.98. The average Bonchev–Trinajstić information content (AvgIpc) is 2.99. The van der Waals surface area contributed by atoms with Crippen LogP contribution in [0.4, 0.5) is 0 Å². The van der Waals surface area contributed by atoms with Gasteiger partial charge in [0.1, 0.15) is 6.61 Å². The number of aliphatic hydroxyl groups is 1. The van der Waals surface area contributed by atoms with Crippen molar-refractivity contribution in [1.82, 2.24) is 10.2 Å². The van der Waals surface area contributed by atoms with Crippen LogP contribution in [-0.4, -0.2) is 53.9 Å². The van der Waals surface area contributed by atoms with E-state index in [1.807, 2.05) is 18.2 Å². The van der Waals surface area contributed by atoms with Crippen molar-refractivity contribution in [1.29, 1.82) is 0 Å². The van der Waals surface area contributed by atoms with Crippen LogP contribution >= 0.6 is 0 Å². The number of carbonyl (C=O) groups excluding carboxylic acids is 1. The van der Waals surface area contributed by atoms with Gasteiger partial charge in [-0.1, -0.05) is 49.6 Å². The van der Waals surface area contributed by atoms with Gasteiger partial charge in [-0.3, -0.25) is 9.69 Å². The number of ether oxygens (including phenoxy) is 1. The van der Waals surface area contributed by atoms with Gasteiger partial charge in [-0.2, -0.15) is 0 Å². The van der Waals surface area contributed by atoms with Gasteiger partial charge in [-0.25, -0.2) is 0 Å². The SMILES string of the molecule is O=C(COC1CCCCC1)NCC1CC(O)CN1Cc1ccccc1. The summed E-state index contributed by atoms with van der Waals surface area (Å²) < 4.78 is 5.73. The molecule has 1 aliphatic heterocycles. The number of rotatable bonds is 7. The first-order chi connectivity index (χ1) is 12.2. The van der Waals surface area contributed by atoms with Gasteiger partial charge in [0, 0.05) is 25.7 Å². The van der Waals surface area contributed by atoms with Crippen LogP contribution < -0.4 is 5.32 Å². The van der Waals surface area contributed by atoms with Gasteiger partial charge in [0.2, 0.25) is 5.91 Å². The van der Waals surface area contributed by atoms with E-state index in [1.54, 1.807) is 0 Å². The molecule has 1 saturated heterocycles. The van der Waals surface area contributed by atoms with Crippen molar-refractivity contribution in [3.8, 4) is 0 Å². The predicted octanol–water partition coefficient (Wildman–Crippen LogP) is 2.09. The molecule has 138 valence electrons. The Bertz CT molecular complexity index is 531. The normalized spacial score (nSPS) is 25.2. The molecule has 2 fully saturated rings. The van der Waals surface area contributed by atoms with Crippen molar-refractivity contribution in [3.05, 3.63) is 35.9 Å². The summed E-state index contributed by atoms with van der Waals surface area (Å²) in [5, 5.41) is 13.0. The largest absolute Gasteiger partial charge is 0.392 e. The van der Waals surface area contributed by atoms with E-state index in [-0.39, 0.29) is 30.8 Å². The van der Waals surface area contributed by atoms with E-state index in [1.165, 1.54) is 24.8 Å². The molecule has 2 N–H and O–H groups in total. The number of hydrogen-bond donors (Lipinski definition) is 2. The minimum absolute atomic E-state index is 0.0494. The third-order valence-electron chi connectivity index (χ3n) is 5.27. The molecule has 1 amide bonds. The summed E-state index contributed by atoms with van der Waals surface area (Å²) in [5.41, 5.74) is 1.23. The van der Waals surface area contributed by atoms with E-state index in [0.29, 0.717) is 19.5 Å². The monoisotopic (exact) mass is 346 g/mol. The van der Waals surface area contributed by atoms with Crippen molar-refractivity contribution in [2.45, 2.75) is 63.3 Å². The second-order valence-corrected chi connectivity index (χ2v) is 7.33. The Morgan fingerprint density at radius 1 is 1.20 bits per heavy atom. The molecule has 2 unspecified atom stereocenters. The van der Waals surface area contributed by atoms with Crippen LogP contribution in [0.1, 0.15) is 44.1 Å². The van der Waals surface area contributed by atoms with E-state index >= 15 is 0 Å². The molecular formula is C20H30N2O3. The lowest BCUT2D eigenvalue weighted by Crippen LogP contribution is -2.41. The van der Waals surface area contributed by atoms with E-state index in [4.69, 9.17) is 4.74 Å². The molecule has 1 aliphatic carbocycles. The summed E-state index contributed by atoms with van der Waals surface area (Å²) in [6, 6.07) is 10.4. The highest BCUT2D eigenvalue weighted by atomic mass is 16.5. The maximum atomic E-state index is 12.1. The number of β-amino-alcohol motifs (C(OH)–C–C–N with tert-alkyl or cyclic N) is 1. The molecule has 0 aromatic heterocycles. The minimum atomic E-state index is -0.316. The topological polar surface area (TPSA) is 61.8 Å². The van der Waals surface area contributed by atoms with Crippen LogP contribution in [0.15, 0.2) is 30.3 Å². The van der Waals surface area contributed by atoms with Crippen LogP contribution in [0.5, 0.6) is 0 Å². The van der Waals surface area contributed by atoms with Crippen LogP contribution in [0, 0.1) is 0 Å². The molecule has 0 bridgehead atoms. The quantitative estimate of drug-likeness (QED) is 0.794. The van der Waals surface area contributed by atoms with Crippen LogP contribution in [-0.2, 0) is 16.1 Å². The second-order valence-electron chi connectivity index (χ2n) is 7.33. The number of aliphatic hydroxyl groups excluding tert-OH is 1. The fourth-order valence-corrected chi connectivity index (χ4v) is 3.89. The summed E-state index contributed by atoms with van der Waals surface area (Å²) in [6.07, 6.45) is 6.50. The summed E-state index contributed by atoms with van der Waals surface area (Å²) >= 11 is 0. The first-order valence-electron chi connectivity index (χ1n) is 9.55. The molecule has 5 nitrogen and oxygen atoms in total. The van der Waals surface area contributed by atoms with Crippen molar-refractivity contribution in [2.75, 3.05) is 19.7 Å². The van der Waals surface area contributed by atoms with Gasteiger partial charge in [0.15, 0.2) is 0 Å². The molecule has 0 spiro atoms. The molecular weight excluding hydrogens is 316 g/mol. The molecule has 1 aromatic carbocycles. The predicted molar refractivity (Wildman–Crippen MR) is 97.1 cm³/mol. The molecule has 25 heavy (non-hydrogen) atoms.